The van der Waals surface area contributed by atoms with Crippen LogP contribution in [-0.2, 0) is 14.8 Å². The van der Waals surface area contributed by atoms with Crippen molar-refractivity contribution in [2.24, 2.45) is 0 Å². The molecule has 118 valence electrons. The smallest absolute Gasteiger partial charge is 0.223 e. The first kappa shape index (κ1) is 17.7. The number of carbonyl (C=O) groups excluding carboxylic acids is 1. The van der Waals surface area contributed by atoms with Gasteiger partial charge in [-0.3, -0.25) is 4.79 Å². The zero-order valence-corrected chi connectivity index (χ0v) is 14.0. The summed E-state index contributed by atoms with van der Waals surface area (Å²) in [5.41, 5.74) is 2.95. The van der Waals surface area contributed by atoms with Crippen molar-refractivity contribution < 1.29 is 13.2 Å². The van der Waals surface area contributed by atoms with Crippen molar-refractivity contribution in [2.75, 3.05) is 23.7 Å². The van der Waals surface area contributed by atoms with Crippen molar-refractivity contribution in [2.45, 2.75) is 34.1 Å². The van der Waals surface area contributed by atoms with Crippen molar-refractivity contribution in [3.05, 3.63) is 29.3 Å². The second kappa shape index (κ2) is 7.56. The predicted octanol–water partition coefficient (Wildman–Crippen LogP) is 1.99. The van der Waals surface area contributed by atoms with E-state index in [9.17, 15) is 13.2 Å². The number of anilines is 1. The summed E-state index contributed by atoms with van der Waals surface area (Å²) in [4.78, 5) is 13.4. The minimum atomic E-state index is -3.24. The van der Waals surface area contributed by atoms with Crippen molar-refractivity contribution in [1.82, 2.24) is 4.72 Å². The van der Waals surface area contributed by atoms with Gasteiger partial charge in [-0.15, -0.1) is 0 Å². The molecule has 1 aromatic rings. The molecule has 0 aromatic heterocycles. The second-order valence-corrected chi connectivity index (χ2v) is 7.10. The van der Waals surface area contributed by atoms with Gasteiger partial charge in [0.2, 0.25) is 15.9 Å². The summed E-state index contributed by atoms with van der Waals surface area (Å²) >= 11 is 0. The van der Waals surface area contributed by atoms with Crippen LogP contribution in [0, 0.1) is 13.8 Å². The summed E-state index contributed by atoms with van der Waals surface area (Å²) < 4.78 is 25.8. The molecule has 0 radical (unpaired) electrons. The van der Waals surface area contributed by atoms with Crippen LogP contribution in [0.15, 0.2) is 18.2 Å². The van der Waals surface area contributed by atoms with Gasteiger partial charge in [0, 0.05) is 25.7 Å². The predicted molar refractivity (Wildman–Crippen MR) is 86.0 cm³/mol. The van der Waals surface area contributed by atoms with E-state index in [1.165, 1.54) is 6.92 Å². The maximum absolute atomic E-state index is 11.8. The molecule has 0 saturated carbocycles. The standard InChI is InChI=1S/C15H24N2O3S/c1-5-10-21(19,20)16-8-9-17(14(4)18)15-7-6-12(2)11-13(15)3/h6-7,11,16H,5,8-10H2,1-4H3. The molecular formula is C15H24N2O3S. The fourth-order valence-electron chi connectivity index (χ4n) is 2.21. The second-order valence-electron chi connectivity index (χ2n) is 5.17. The Balaban J connectivity index is 2.78. The lowest BCUT2D eigenvalue weighted by Gasteiger charge is -2.23. The SMILES string of the molecule is CCCS(=O)(=O)NCCN(C(C)=O)c1ccc(C)cc1C. The maximum atomic E-state index is 11.8. The number of carbonyl (C=O) groups is 1. The van der Waals surface area contributed by atoms with E-state index in [0.29, 0.717) is 13.0 Å². The topological polar surface area (TPSA) is 66.5 Å². The fraction of sp³-hybridized carbons (Fsp3) is 0.533. The zero-order valence-electron chi connectivity index (χ0n) is 13.1. The normalized spacial score (nSPS) is 11.4. The van der Waals surface area contributed by atoms with Gasteiger partial charge in [0.05, 0.1) is 5.75 Å². The summed E-state index contributed by atoms with van der Waals surface area (Å²) in [5.74, 6) is 0.00744. The molecule has 0 aliphatic carbocycles. The summed E-state index contributed by atoms with van der Waals surface area (Å²) in [7, 11) is -3.24. The minimum absolute atomic E-state index is 0.100. The Hall–Kier alpha value is -1.40. The van der Waals surface area contributed by atoms with Crippen LogP contribution in [0.5, 0.6) is 0 Å². The van der Waals surface area contributed by atoms with E-state index in [-0.39, 0.29) is 18.2 Å². The van der Waals surface area contributed by atoms with Crippen LogP contribution < -0.4 is 9.62 Å². The third kappa shape index (κ3) is 5.47. The average molecular weight is 312 g/mol. The maximum Gasteiger partial charge on any atom is 0.223 e. The van der Waals surface area contributed by atoms with Crippen molar-refractivity contribution in [1.29, 1.82) is 0 Å². The summed E-state index contributed by atoms with van der Waals surface area (Å²) in [6, 6.07) is 5.85. The van der Waals surface area contributed by atoms with E-state index in [1.54, 1.807) is 4.90 Å². The Morgan fingerprint density at radius 3 is 2.48 bits per heavy atom. The molecule has 1 N–H and O–H groups in total. The number of hydrogen-bond acceptors (Lipinski definition) is 3. The molecule has 0 heterocycles. The highest BCUT2D eigenvalue weighted by molar-refractivity contribution is 7.89. The number of nitrogens with zero attached hydrogens (tertiary/aromatic N) is 1. The molecule has 0 aliphatic rings. The van der Waals surface area contributed by atoms with Gasteiger partial charge in [-0.25, -0.2) is 13.1 Å². The monoisotopic (exact) mass is 312 g/mol. The largest absolute Gasteiger partial charge is 0.311 e. The van der Waals surface area contributed by atoms with E-state index in [0.717, 1.165) is 16.8 Å². The van der Waals surface area contributed by atoms with Crippen LogP contribution >= 0.6 is 0 Å². The number of nitrogens with one attached hydrogen (secondary N) is 1. The molecule has 1 amide bonds. The molecule has 6 heteroatoms. The van der Waals surface area contributed by atoms with E-state index in [4.69, 9.17) is 0 Å². The highest BCUT2D eigenvalue weighted by Crippen LogP contribution is 2.21. The van der Waals surface area contributed by atoms with Crippen LogP contribution in [0.25, 0.3) is 0 Å². The molecule has 0 unspecified atom stereocenters. The lowest BCUT2D eigenvalue weighted by atomic mass is 10.1. The Morgan fingerprint density at radius 2 is 1.95 bits per heavy atom. The average Bonchev–Trinajstić information content (AvgIpc) is 2.35. The van der Waals surface area contributed by atoms with Gasteiger partial charge in [0.1, 0.15) is 0 Å². The number of benzene rings is 1. The van der Waals surface area contributed by atoms with Gasteiger partial charge in [0.15, 0.2) is 0 Å². The Morgan fingerprint density at radius 1 is 1.29 bits per heavy atom. The summed E-state index contributed by atoms with van der Waals surface area (Å²) in [6.07, 6.45) is 0.572. The number of rotatable bonds is 7. The van der Waals surface area contributed by atoms with Gasteiger partial charge < -0.3 is 4.90 Å². The summed E-state index contributed by atoms with van der Waals surface area (Å²) in [5, 5.41) is 0. The molecule has 0 spiro atoms. The first-order valence-corrected chi connectivity index (χ1v) is 8.74. The Bertz CT molecular complexity index is 597. The molecule has 5 nitrogen and oxygen atoms in total. The van der Waals surface area contributed by atoms with Crippen molar-refractivity contribution in [3.63, 3.8) is 0 Å². The highest BCUT2D eigenvalue weighted by atomic mass is 32.2. The molecule has 21 heavy (non-hydrogen) atoms. The van der Waals surface area contributed by atoms with Crippen LogP contribution in [-0.4, -0.2) is 33.2 Å². The quantitative estimate of drug-likeness (QED) is 0.837. The summed E-state index contributed by atoms with van der Waals surface area (Å²) in [6.45, 7) is 7.78. The number of hydrogen-bond donors (Lipinski definition) is 1. The van der Waals surface area contributed by atoms with Gasteiger partial charge in [0.25, 0.3) is 0 Å². The molecule has 0 atom stereocenters. The Kier molecular flexibility index (Phi) is 6.36. The number of aryl methyl sites for hydroxylation is 2. The molecule has 0 aliphatic heterocycles. The Labute approximate surface area is 127 Å². The van der Waals surface area contributed by atoms with Crippen LogP contribution in [0.4, 0.5) is 5.69 Å². The first-order chi connectivity index (χ1) is 9.76. The minimum Gasteiger partial charge on any atom is -0.311 e. The zero-order chi connectivity index (χ0) is 16.0. The lowest BCUT2D eigenvalue weighted by molar-refractivity contribution is -0.116. The van der Waals surface area contributed by atoms with Crippen LogP contribution in [0.2, 0.25) is 0 Å². The van der Waals surface area contributed by atoms with Crippen molar-refractivity contribution >= 4 is 21.6 Å². The third-order valence-corrected chi connectivity index (χ3v) is 4.74. The molecule has 0 bridgehead atoms. The molecule has 1 rings (SSSR count). The van der Waals surface area contributed by atoms with Gasteiger partial charge in [-0.1, -0.05) is 24.6 Å². The van der Waals surface area contributed by atoms with Crippen LogP contribution in [0.3, 0.4) is 0 Å². The van der Waals surface area contributed by atoms with E-state index in [2.05, 4.69) is 4.72 Å². The van der Waals surface area contributed by atoms with Gasteiger partial charge >= 0.3 is 0 Å². The molecular weight excluding hydrogens is 288 g/mol. The molecule has 1 aromatic carbocycles. The van der Waals surface area contributed by atoms with E-state index >= 15 is 0 Å². The molecule has 0 saturated heterocycles. The van der Waals surface area contributed by atoms with Crippen LogP contribution in [0.1, 0.15) is 31.4 Å². The van der Waals surface area contributed by atoms with E-state index < -0.39 is 10.0 Å². The number of amides is 1. The lowest BCUT2D eigenvalue weighted by Crippen LogP contribution is -2.38. The fourth-order valence-corrected chi connectivity index (χ4v) is 3.29. The highest BCUT2D eigenvalue weighted by Gasteiger charge is 2.15. The van der Waals surface area contributed by atoms with Crippen molar-refractivity contribution in [3.8, 4) is 0 Å². The van der Waals surface area contributed by atoms with E-state index in [1.807, 2.05) is 39.0 Å². The first-order valence-electron chi connectivity index (χ1n) is 7.09. The van der Waals surface area contributed by atoms with Gasteiger partial charge in [-0.05, 0) is 31.9 Å². The number of sulfonamides is 1. The molecule has 0 fully saturated rings. The van der Waals surface area contributed by atoms with Gasteiger partial charge in [-0.2, -0.15) is 0 Å². The third-order valence-electron chi connectivity index (χ3n) is 3.15.